The summed E-state index contributed by atoms with van der Waals surface area (Å²) in [6.07, 6.45) is 0. The van der Waals surface area contributed by atoms with E-state index in [4.69, 9.17) is 4.42 Å². The molecule has 0 spiro atoms. The number of anilines is 3. The second-order valence-corrected chi connectivity index (χ2v) is 10.6. The van der Waals surface area contributed by atoms with Crippen molar-refractivity contribution in [3.05, 3.63) is 164 Å². The van der Waals surface area contributed by atoms with Gasteiger partial charge in [0.2, 0.25) is 0 Å². The summed E-state index contributed by atoms with van der Waals surface area (Å²) in [6.45, 7) is 0. The van der Waals surface area contributed by atoms with Crippen LogP contribution in [0.25, 0.3) is 55.0 Å². The number of rotatable bonds is 5. The van der Waals surface area contributed by atoms with Crippen molar-refractivity contribution in [2.75, 3.05) is 4.90 Å². The van der Waals surface area contributed by atoms with Crippen molar-refractivity contribution in [2.45, 2.75) is 0 Å². The molecular formula is C40H27NO. The van der Waals surface area contributed by atoms with Gasteiger partial charge in [-0.2, -0.15) is 0 Å². The lowest BCUT2D eigenvalue weighted by atomic mass is 9.99. The number of furan rings is 1. The van der Waals surface area contributed by atoms with E-state index in [1.54, 1.807) is 0 Å². The second kappa shape index (κ2) is 10.1. The first-order valence-corrected chi connectivity index (χ1v) is 14.3. The van der Waals surface area contributed by atoms with Gasteiger partial charge in [-0.05, 0) is 93.7 Å². The quantitative estimate of drug-likeness (QED) is 0.217. The van der Waals surface area contributed by atoms with Gasteiger partial charge in [-0.1, -0.05) is 103 Å². The molecule has 0 aliphatic heterocycles. The predicted octanol–water partition coefficient (Wildman–Crippen LogP) is 11.5. The van der Waals surface area contributed by atoms with Gasteiger partial charge in [0, 0.05) is 27.8 Å². The van der Waals surface area contributed by atoms with Gasteiger partial charge in [0.15, 0.2) is 0 Å². The smallest absolute Gasteiger partial charge is 0.136 e. The molecule has 0 bridgehead atoms. The highest BCUT2D eigenvalue weighted by atomic mass is 16.3. The molecule has 0 aliphatic carbocycles. The monoisotopic (exact) mass is 537 g/mol. The highest BCUT2D eigenvalue weighted by Crippen LogP contribution is 2.38. The van der Waals surface area contributed by atoms with Crippen molar-refractivity contribution < 1.29 is 4.42 Å². The highest BCUT2D eigenvalue weighted by molar-refractivity contribution is 6.10. The van der Waals surface area contributed by atoms with Crippen LogP contribution in [0, 0.1) is 0 Å². The summed E-state index contributed by atoms with van der Waals surface area (Å²) >= 11 is 0. The summed E-state index contributed by atoms with van der Waals surface area (Å²) in [5.41, 5.74) is 10.00. The van der Waals surface area contributed by atoms with E-state index in [2.05, 4.69) is 157 Å². The first-order valence-electron chi connectivity index (χ1n) is 14.3. The lowest BCUT2D eigenvalue weighted by molar-refractivity contribution is 0.669. The summed E-state index contributed by atoms with van der Waals surface area (Å²) in [4.78, 5) is 2.30. The Morgan fingerprint density at radius 2 is 0.881 bits per heavy atom. The Labute approximate surface area is 244 Å². The molecule has 0 N–H and O–H groups in total. The van der Waals surface area contributed by atoms with Crippen molar-refractivity contribution >= 4 is 49.8 Å². The molecule has 8 rings (SSSR count). The maximum Gasteiger partial charge on any atom is 0.136 e. The van der Waals surface area contributed by atoms with Crippen molar-refractivity contribution in [3.8, 4) is 22.3 Å². The van der Waals surface area contributed by atoms with Crippen molar-refractivity contribution in [2.24, 2.45) is 0 Å². The Morgan fingerprint density at radius 3 is 1.60 bits per heavy atom. The third-order valence-electron chi connectivity index (χ3n) is 8.04. The highest BCUT2D eigenvalue weighted by Gasteiger charge is 2.13. The second-order valence-electron chi connectivity index (χ2n) is 10.6. The van der Waals surface area contributed by atoms with Gasteiger partial charge in [0.05, 0.1) is 0 Å². The predicted molar refractivity (Wildman–Crippen MR) is 177 cm³/mol. The van der Waals surface area contributed by atoms with Crippen LogP contribution in [0.3, 0.4) is 0 Å². The Kier molecular flexibility index (Phi) is 5.82. The largest absolute Gasteiger partial charge is 0.456 e. The zero-order chi connectivity index (χ0) is 27.9. The molecule has 198 valence electrons. The van der Waals surface area contributed by atoms with E-state index in [1.807, 2.05) is 12.1 Å². The normalized spacial score (nSPS) is 11.3. The van der Waals surface area contributed by atoms with E-state index in [0.29, 0.717) is 0 Å². The van der Waals surface area contributed by atoms with E-state index in [-0.39, 0.29) is 0 Å². The molecule has 2 nitrogen and oxygen atoms in total. The van der Waals surface area contributed by atoms with Crippen LogP contribution in [0.4, 0.5) is 17.1 Å². The third-order valence-corrected chi connectivity index (χ3v) is 8.04. The van der Waals surface area contributed by atoms with Gasteiger partial charge in [-0.3, -0.25) is 0 Å². The average molecular weight is 538 g/mol. The summed E-state index contributed by atoms with van der Waals surface area (Å²) in [7, 11) is 0. The third kappa shape index (κ3) is 4.31. The lowest BCUT2D eigenvalue weighted by Gasteiger charge is -2.26. The molecule has 0 saturated heterocycles. The van der Waals surface area contributed by atoms with E-state index in [1.165, 1.54) is 33.0 Å². The zero-order valence-corrected chi connectivity index (χ0v) is 22.9. The Morgan fingerprint density at radius 1 is 0.333 bits per heavy atom. The first kappa shape index (κ1) is 24.2. The van der Waals surface area contributed by atoms with Gasteiger partial charge in [0.1, 0.15) is 11.2 Å². The molecule has 1 aromatic heterocycles. The topological polar surface area (TPSA) is 16.4 Å². The molecule has 0 unspecified atom stereocenters. The van der Waals surface area contributed by atoms with Crippen LogP contribution < -0.4 is 4.90 Å². The van der Waals surface area contributed by atoms with Crippen LogP contribution in [0.1, 0.15) is 0 Å². The van der Waals surface area contributed by atoms with E-state index in [9.17, 15) is 0 Å². The maximum atomic E-state index is 6.16. The number of nitrogens with zero attached hydrogens (tertiary/aromatic N) is 1. The Balaban J connectivity index is 1.15. The van der Waals surface area contributed by atoms with Gasteiger partial charge in [-0.15, -0.1) is 0 Å². The average Bonchev–Trinajstić information content (AvgIpc) is 3.42. The fraction of sp³-hybridized carbons (Fsp3) is 0. The molecule has 1 heterocycles. The molecule has 2 heteroatoms. The summed E-state index contributed by atoms with van der Waals surface area (Å²) in [6, 6.07) is 58.0. The molecule has 0 aliphatic rings. The fourth-order valence-corrected chi connectivity index (χ4v) is 5.91. The molecule has 8 aromatic rings. The maximum absolute atomic E-state index is 6.16. The Bertz CT molecular complexity index is 2160. The van der Waals surface area contributed by atoms with Crippen LogP contribution in [0.2, 0.25) is 0 Å². The molecule has 0 saturated carbocycles. The molecular weight excluding hydrogens is 510 g/mol. The van der Waals surface area contributed by atoms with Gasteiger partial charge in [0.25, 0.3) is 0 Å². The summed E-state index contributed by atoms with van der Waals surface area (Å²) < 4.78 is 6.16. The van der Waals surface area contributed by atoms with Crippen LogP contribution >= 0.6 is 0 Å². The number of para-hydroxylation sites is 2. The fourth-order valence-electron chi connectivity index (χ4n) is 5.91. The number of hydrogen-bond acceptors (Lipinski definition) is 2. The van der Waals surface area contributed by atoms with Crippen molar-refractivity contribution in [1.29, 1.82) is 0 Å². The van der Waals surface area contributed by atoms with Crippen LogP contribution in [-0.2, 0) is 0 Å². The van der Waals surface area contributed by atoms with E-state index in [0.717, 1.165) is 39.0 Å². The van der Waals surface area contributed by atoms with Crippen LogP contribution in [-0.4, -0.2) is 0 Å². The number of fused-ring (bicyclic) bond motifs is 4. The SMILES string of the molecule is c1ccc(-c2ccc(N(c3ccccc3)c3ccc(-c4ccc5cc6c(cc5c4)oc4ccccc46)cc3)cc2)cc1. The lowest BCUT2D eigenvalue weighted by Crippen LogP contribution is -2.09. The molecule has 7 aromatic carbocycles. The molecule has 0 radical (unpaired) electrons. The van der Waals surface area contributed by atoms with Gasteiger partial charge >= 0.3 is 0 Å². The minimum Gasteiger partial charge on any atom is -0.456 e. The van der Waals surface area contributed by atoms with E-state index >= 15 is 0 Å². The van der Waals surface area contributed by atoms with Crippen molar-refractivity contribution in [3.63, 3.8) is 0 Å². The molecule has 0 fully saturated rings. The summed E-state index contributed by atoms with van der Waals surface area (Å²) in [5, 5.41) is 4.70. The van der Waals surface area contributed by atoms with Crippen molar-refractivity contribution in [1.82, 2.24) is 0 Å². The van der Waals surface area contributed by atoms with E-state index < -0.39 is 0 Å². The number of hydrogen-bond donors (Lipinski definition) is 0. The van der Waals surface area contributed by atoms with Gasteiger partial charge in [-0.25, -0.2) is 0 Å². The molecule has 0 amide bonds. The standard InChI is InChI=1S/C40H27NO/c1-3-9-28(10-4-1)29-17-21-35(22-18-29)41(34-11-5-2-6-12-34)36-23-19-30(20-24-36)31-15-16-32-26-38-37-13-7-8-14-39(37)42-40(38)27-33(32)25-31/h1-27H. The number of benzene rings is 7. The molecule has 42 heavy (non-hydrogen) atoms. The minimum absolute atomic E-state index is 0.924. The van der Waals surface area contributed by atoms with Crippen LogP contribution in [0.15, 0.2) is 168 Å². The molecule has 0 atom stereocenters. The minimum atomic E-state index is 0.924. The van der Waals surface area contributed by atoms with Crippen LogP contribution in [0.5, 0.6) is 0 Å². The summed E-state index contributed by atoms with van der Waals surface area (Å²) in [5.74, 6) is 0. The Hall–Kier alpha value is -5.60. The first-order chi connectivity index (χ1) is 20.8. The van der Waals surface area contributed by atoms with Gasteiger partial charge < -0.3 is 9.32 Å². The zero-order valence-electron chi connectivity index (χ0n) is 22.9.